The molecule has 1 aliphatic heterocycles. The highest BCUT2D eigenvalue weighted by atomic mass is 32.2. The molecule has 1 amide bonds. The monoisotopic (exact) mass is 565 g/mol. The van der Waals surface area contributed by atoms with Crippen LogP contribution in [0.1, 0.15) is 40.0 Å². The number of hydrogen-bond acceptors (Lipinski definition) is 8. The predicted molar refractivity (Wildman–Crippen MR) is 144 cm³/mol. The molecule has 2 bridgehead atoms. The van der Waals surface area contributed by atoms with E-state index in [2.05, 4.69) is 36.9 Å². The van der Waals surface area contributed by atoms with E-state index in [4.69, 9.17) is 4.74 Å². The lowest BCUT2D eigenvalue weighted by Gasteiger charge is -2.38. The van der Waals surface area contributed by atoms with Crippen LogP contribution in [0.15, 0.2) is 46.4 Å². The third kappa shape index (κ3) is 6.06. The predicted octanol–water partition coefficient (Wildman–Crippen LogP) is 3.12. The van der Waals surface area contributed by atoms with E-state index in [0.717, 1.165) is 18.1 Å². The first kappa shape index (κ1) is 28.2. The average Bonchev–Trinajstić information content (AvgIpc) is 3.39. The second-order valence-electron chi connectivity index (χ2n) is 11.5. The summed E-state index contributed by atoms with van der Waals surface area (Å²) in [6.45, 7) is 6.66. The summed E-state index contributed by atoms with van der Waals surface area (Å²) in [6, 6.07) is 3.80. The summed E-state index contributed by atoms with van der Waals surface area (Å²) < 4.78 is 56.6. The normalized spacial score (nSPS) is 25.2. The van der Waals surface area contributed by atoms with Crippen molar-refractivity contribution in [3.63, 3.8) is 0 Å². The molecule has 208 valence electrons. The average molecular weight is 566 g/mol. The number of nitrogens with zero attached hydrogens (tertiary/aromatic N) is 1. The Bertz CT molecular complexity index is 1410. The summed E-state index contributed by atoms with van der Waals surface area (Å²) in [5.74, 6) is -1.03. The van der Waals surface area contributed by atoms with Crippen LogP contribution in [-0.4, -0.2) is 59.6 Å². The number of sulfonamides is 1. The summed E-state index contributed by atoms with van der Waals surface area (Å²) in [5.41, 5.74) is 0.525. The summed E-state index contributed by atoms with van der Waals surface area (Å²) in [7, 11) is -6.18. The van der Waals surface area contributed by atoms with Crippen LogP contribution in [-0.2, 0) is 34.2 Å². The van der Waals surface area contributed by atoms with Crippen molar-refractivity contribution in [3.8, 4) is 0 Å². The van der Waals surface area contributed by atoms with E-state index in [1.807, 2.05) is 6.08 Å². The zero-order valence-electron chi connectivity index (χ0n) is 22.2. The molecule has 1 heterocycles. The van der Waals surface area contributed by atoms with Gasteiger partial charge in [-0.05, 0) is 48.3 Å². The third-order valence-electron chi connectivity index (χ3n) is 7.20. The Labute approximate surface area is 224 Å². The zero-order chi connectivity index (χ0) is 28.0. The minimum Gasteiger partial charge on any atom is -0.469 e. The lowest BCUT2D eigenvalue weighted by Crippen LogP contribution is -2.50. The van der Waals surface area contributed by atoms with Gasteiger partial charge in [-0.25, -0.2) is 16.8 Å². The summed E-state index contributed by atoms with van der Waals surface area (Å²) >= 11 is 0. The summed E-state index contributed by atoms with van der Waals surface area (Å²) in [4.78, 5) is 28.2. The molecule has 2 aliphatic carbocycles. The number of benzene rings is 1. The quantitative estimate of drug-likeness (QED) is 0.362. The first-order valence-corrected chi connectivity index (χ1v) is 15.9. The molecule has 12 heteroatoms. The molecule has 0 saturated heterocycles. The first-order valence-electron chi connectivity index (χ1n) is 12.5. The van der Waals surface area contributed by atoms with Crippen molar-refractivity contribution >= 4 is 43.1 Å². The highest BCUT2D eigenvalue weighted by molar-refractivity contribution is 7.94. The van der Waals surface area contributed by atoms with E-state index in [0.29, 0.717) is 13.0 Å². The molecule has 3 aliphatic rings. The summed E-state index contributed by atoms with van der Waals surface area (Å²) in [6.07, 6.45) is 6.34. The number of carbonyl (C=O) groups excluding carboxylic acids is 2. The van der Waals surface area contributed by atoms with Crippen LogP contribution in [0, 0.1) is 23.2 Å². The van der Waals surface area contributed by atoms with Crippen molar-refractivity contribution in [1.29, 1.82) is 0 Å². The first-order chi connectivity index (χ1) is 17.6. The number of rotatable bonds is 8. The molecule has 4 rings (SSSR count). The molecule has 38 heavy (non-hydrogen) atoms. The number of nitrogens with one attached hydrogen (secondary N) is 2. The molecule has 1 fully saturated rings. The highest BCUT2D eigenvalue weighted by Crippen LogP contribution is 2.47. The third-order valence-corrected chi connectivity index (χ3v) is 9.35. The van der Waals surface area contributed by atoms with Gasteiger partial charge in [0.05, 0.1) is 47.7 Å². The van der Waals surface area contributed by atoms with Gasteiger partial charge < -0.3 is 15.0 Å². The number of ether oxygens (including phenoxy) is 1. The number of amides is 1. The molecule has 2 N–H and O–H groups in total. The second-order valence-corrected chi connectivity index (χ2v) is 15.0. The van der Waals surface area contributed by atoms with Crippen LogP contribution in [0.25, 0.3) is 0 Å². The van der Waals surface area contributed by atoms with E-state index < -0.39 is 25.8 Å². The van der Waals surface area contributed by atoms with Crippen molar-refractivity contribution in [2.45, 2.75) is 51.0 Å². The van der Waals surface area contributed by atoms with Gasteiger partial charge in [0.2, 0.25) is 25.8 Å². The maximum absolute atomic E-state index is 13.8. The fourth-order valence-electron chi connectivity index (χ4n) is 5.51. The van der Waals surface area contributed by atoms with Gasteiger partial charge in [-0.3, -0.25) is 14.3 Å². The van der Waals surface area contributed by atoms with Crippen LogP contribution >= 0.6 is 0 Å². The summed E-state index contributed by atoms with van der Waals surface area (Å²) in [5, 5.41) is 4.03. The number of anilines is 2. The van der Waals surface area contributed by atoms with E-state index in [1.165, 1.54) is 25.3 Å². The molecule has 0 radical (unpaired) electrons. The van der Waals surface area contributed by atoms with Crippen LogP contribution in [0.4, 0.5) is 11.4 Å². The molecule has 3 unspecified atom stereocenters. The number of methoxy groups -OCH3 is 1. The minimum absolute atomic E-state index is 0.0106. The van der Waals surface area contributed by atoms with Crippen LogP contribution in [0.5, 0.6) is 0 Å². The number of carbonyl (C=O) groups is 2. The number of sulfone groups is 1. The standard InChI is InChI=1S/C26H35N3O7S2/c1-26(2,3)10-11-29(24-17-7-6-16(12-17)23(24)25(31)36-4)22(30)14-19-15-38(34,35)21-13-18(28-37(5,32)33)8-9-20(21)27-19/h6-9,13,15-17,23-24,27-28H,10-12,14H2,1-5H3/t16?,17?,23-,24?/m1/s1. The van der Waals surface area contributed by atoms with Crippen molar-refractivity contribution in [3.05, 3.63) is 41.5 Å². The van der Waals surface area contributed by atoms with Crippen LogP contribution in [0.3, 0.4) is 0 Å². The largest absolute Gasteiger partial charge is 0.469 e. The lowest BCUT2D eigenvalue weighted by molar-refractivity contribution is -0.150. The Kier molecular flexibility index (Phi) is 7.43. The van der Waals surface area contributed by atoms with Crippen molar-refractivity contribution in [2.24, 2.45) is 23.2 Å². The van der Waals surface area contributed by atoms with Gasteiger partial charge in [0, 0.05) is 17.9 Å². The Morgan fingerprint density at radius 3 is 2.50 bits per heavy atom. The molecule has 4 atom stereocenters. The highest BCUT2D eigenvalue weighted by Gasteiger charge is 2.52. The Hall–Kier alpha value is -2.86. The number of hydrogen-bond donors (Lipinski definition) is 2. The second kappa shape index (κ2) is 10.0. The zero-order valence-corrected chi connectivity index (χ0v) is 23.9. The van der Waals surface area contributed by atoms with Gasteiger partial charge in [-0.2, -0.15) is 0 Å². The number of allylic oxidation sites excluding steroid dienone is 1. The Morgan fingerprint density at radius 1 is 1.18 bits per heavy atom. The van der Waals surface area contributed by atoms with Gasteiger partial charge in [-0.1, -0.05) is 32.9 Å². The van der Waals surface area contributed by atoms with Crippen LogP contribution < -0.4 is 10.0 Å². The van der Waals surface area contributed by atoms with Gasteiger partial charge >= 0.3 is 5.97 Å². The smallest absolute Gasteiger partial charge is 0.311 e. The fraction of sp³-hybridized carbons (Fsp3) is 0.538. The van der Waals surface area contributed by atoms with E-state index in [1.54, 1.807) is 4.90 Å². The molecular formula is C26H35N3O7S2. The van der Waals surface area contributed by atoms with Gasteiger partial charge in [0.15, 0.2) is 0 Å². The lowest BCUT2D eigenvalue weighted by atomic mass is 9.86. The van der Waals surface area contributed by atoms with Crippen molar-refractivity contribution in [2.75, 3.05) is 29.9 Å². The van der Waals surface area contributed by atoms with E-state index in [-0.39, 0.29) is 63.6 Å². The maximum atomic E-state index is 13.8. The number of fused-ring (bicyclic) bond motifs is 3. The van der Waals surface area contributed by atoms with Crippen LogP contribution in [0.2, 0.25) is 0 Å². The molecule has 0 aromatic heterocycles. The maximum Gasteiger partial charge on any atom is 0.311 e. The molecule has 10 nitrogen and oxygen atoms in total. The molecule has 1 aromatic carbocycles. The molecule has 1 aromatic rings. The SMILES string of the molecule is COC(=O)[C@@H]1C2C=CC(C2)C1N(CCC(C)(C)C)C(=O)CC1=CS(=O)(=O)c2cc(NS(C)(=O)=O)ccc2N1. The Balaban J connectivity index is 1.61. The van der Waals surface area contributed by atoms with Gasteiger partial charge in [0.1, 0.15) is 0 Å². The van der Waals surface area contributed by atoms with Gasteiger partial charge in [0.25, 0.3) is 0 Å². The Morgan fingerprint density at radius 2 is 1.87 bits per heavy atom. The topological polar surface area (TPSA) is 139 Å². The van der Waals surface area contributed by atoms with E-state index >= 15 is 0 Å². The fourth-order valence-corrected chi connectivity index (χ4v) is 7.43. The minimum atomic E-state index is -3.95. The molecule has 0 spiro atoms. The molecular weight excluding hydrogens is 530 g/mol. The molecule has 1 saturated carbocycles. The van der Waals surface area contributed by atoms with Crippen molar-refractivity contribution < 1.29 is 31.2 Å². The van der Waals surface area contributed by atoms with E-state index in [9.17, 15) is 26.4 Å². The van der Waals surface area contributed by atoms with Gasteiger partial charge in [-0.15, -0.1) is 0 Å². The number of esters is 1. The van der Waals surface area contributed by atoms with Crippen molar-refractivity contribution in [1.82, 2.24) is 4.90 Å².